The second kappa shape index (κ2) is 8.68. The first kappa shape index (κ1) is 15.6. The molecule has 8 heteroatoms. The van der Waals surface area contributed by atoms with Crippen LogP contribution in [0.3, 0.4) is 0 Å². The molecule has 7 nitrogen and oxygen atoms in total. The number of rotatable bonds is 8. The summed E-state index contributed by atoms with van der Waals surface area (Å²) in [7, 11) is 0. The van der Waals surface area contributed by atoms with Gasteiger partial charge in [-0.1, -0.05) is 0 Å². The van der Waals surface area contributed by atoms with Gasteiger partial charge in [0.1, 0.15) is 6.04 Å². The van der Waals surface area contributed by atoms with Gasteiger partial charge in [-0.3, -0.25) is 4.79 Å². The van der Waals surface area contributed by atoms with Crippen LogP contribution in [-0.2, 0) is 9.59 Å². The van der Waals surface area contributed by atoms with Crippen LogP contribution in [0.15, 0.2) is 0 Å². The lowest BCUT2D eigenvalue weighted by molar-refractivity contribution is -0.140. The Balaban J connectivity index is 4.02. The molecule has 0 aromatic rings. The largest absolute Gasteiger partial charge is 0.481 e. The smallest absolute Gasteiger partial charge is 0.326 e. The summed E-state index contributed by atoms with van der Waals surface area (Å²) < 4.78 is 0. The first-order valence-corrected chi connectivity index (χ1v) is 6.34. The van der Waals surface area contributed by atoms with Crippen LogP contribution in [0.2, 0.25) is 0 Å². The predicted molar refractivity (Wildman–Crippen MR) is 63.2 cm³/mol. The van der Waals surface area contributed by atoms with Crippen molar-refractivity contribution < 1.29 is 24.6 Å². The van der Waals surface area contributed by atoms with Gasteiger partial charge >= 0.3 is 18.0 Å². The molecule has 0 heterocycles. The summed E-state index contributed by atoms with van der Waals surface area (Å²) in [4.78, 5) is 32.3. The minimum Gasteiger partial charge on any atom is -0.481 e. The van der Waals surface area contributed by atoms with Crippen molar-refractivity contribution in [1.82, 2.24) is 10.6 Å². The predicted octanol–water partition coefficient (Wildman–Crippen LogP) is -0.0334. The van der Waals surface area contributed by atoms with Gasteiger partial charge in [0, 0.05) is 18.7 Å². The third-order valence-corrected chi connectivity index (χ3v) is 2.45. The molecular weight excluding hydrogens is 248 g/mol. The maximum atomic E-state index is 11.2. The van der Waals surface area contributed by atoms with Gasteiger partial charge in [-0.2, -0.15) is 11.8 Å². The number of urea groups is 1. The number of hydrogen-bond acceptors (Lipinski definition) is 4. The number of carbonyl (C=O) groups is 3. The van der Waals surface area contributed by atoms with E-state index in [-0.39, 0.29) is 12.8 Å². The molecule has 0 spiro atoms. The number of hydrogen-bond donors (Lipinski definition) is 4. The average molecular weight is 264 g/mol. The van der Waals surface area contributed by atoms with Gasteiger partial charge in [0.25, 0.3) is 0 Å². The van der Waals surface area contributed by atoms with Crippen molar-refractivity contribution in [3.8, 4) is 0 Å². The third-order valence-electron chi connectivity index (χ3n) is 1.84. The van der Waals surface area contributed by atoms with Crippen molar-refractivity contribution in [2.24, 2.45) is 0 Å². The molecule has 4 N–H and O–H groups in total. The lowest BCUT2D eigenvalue weighted by Gasteiger charge is -2.13. The summed E-state index contributed by atoms with van der Waals surface area (Å²) in [6, 6.07) is -1.78. The number of nitrogens with one attached hydrogen (secondary N) is 2. The fourth-order valence-corrected chi connectivity index (χ4v) is 1.31. The van der Waals surface area contributed by atoms with E-state index in [9.17, 15) is 14.4 Å². The van der Waals surface area contributed by atoms with E-state index >= 15 is 0 Å². The maximum Gasteiger partial charge on any atom is 0.326 e. The van der Waals surface area contributed by atoms with E-state index in [2.05, 4.69) is 10.6 Å². The standard InChI is InChI=1S/C9H16N2O5S/c1-17-5-4-10-9(16)11-6(8(14)15)2-3-7(12)13/h6H,2-5H2,1H3,(H,12,13)(H,14,15)(H2,10,11,16). The second-order valence-corrected chi connectivity index (χ2v) is 4.20. The van der Waals surface area contributed by atoms with Crippen LogP contribution in [0.5, 0.6) is 0 Å². The summed E-state index contributed by atoms with van der Waals surface area (Å²) >= 11 is 1.55. The van der Waals surface area contributed by atoms with Crippen LogP contribution in [0.4, 0.5) is 4.79 Å². The molecule has 0 saturated carbocycles. The maximum absolute atomic E-state index is 11.2. The number of carbonyl (C=O) groups excluding carboxylic acids is 1. The van der Waals surface area contributed by atoms with Crippen molar-refractivity contribution in [2.45, 2.75) is 18.9 Å². The van der Waals surface area contributed by atoms with Gasteiger partial charge < -0.3 is 20.8 Å². The Bertz CT molecular complexity index is 285. The SMILES string of the molecule is CSCCNC(=O)NC(CCC(=O)O)C(=O)O. The highest BCUT2D eigenvalue weighted by Gasteiger charge is 2.20. The van der Waals surface area contributed by atoms with E-state index in [1.165, 1.54) is 0 Å². The molecule has 2 amide bonds. The zero-order valence-electron chi connectivity index (χ0n) is 9.43. The van der Waals surface area contributed by atoms with E-state index < -0.39 is 24.0 Å². The highest BCUT2D eigenvalue weighted by molar-refractivity contribution is 7.98. The summed E-state index contributed by atoms with van der Waals surface area (Å²) in [5.74, 6) is -1.62. The average Bonchev–Trinajstić information content (AvgIpc) is 2.23. The summed E-state index contributed by atoms with van der Waals surface area (Å²) in [6.07, 6.45) is 1.44. The molecule has 0 fully saturated rings. The van der Waals surface area contributed by atoms with Gasteiger partial charge in [-0.25, -0.2) is 9.59 Å². The third kappa shape index (κ3) is 8.38. The Morgan fingerprint density at radius 3 is 2.41 bits per heavy atom. The Labute approximate surface area is 103 Å². The molecule has 0 rings (SSSR count). The number of carboxylic acids is 2. The molecular formula is C9H16N2O5S. The zero-order valence-corrected chi connectivity index (χ0v) is 10.2. The molecule has 0 aromatic carbocycles. The summed E-state index contributed by atoms with van der Waals surface area (Å²) in [5, 5.41) is 21.9. The van der Waals surface area contributed by atoms with Crippen molar-refractivity contribution in [3.63, 3.8) is 0 Å². The van der Waals surface area contributed by atoms with Gasteiger partial charge in [0.2, 0.25) is 0 Å². The van der Waals surface area contributed by atoms with Crippen LogP contribution >= 0.6 is 11.8 Å². The number of amides is 2. The van der Waals surface area contributed by atoms with E-state index in [0.29, 0.717) is 6.54 Å². The van der Waals surface area contributed by atoms with Crippen molar-refractivity contribution >= 4 is 29.7 Å². The molecule has 98 valence electrons. The topological polar surface area (TPSA) is 116 Å². The Morgan fingerprint density at radius 1 is 1.29 bits per heavy atom. The lowest BCUT2D eigenvalue weighted by Crippen LogP contribution is -2.46. The highest BCUT2D eigenvalue weighted by Crippen LogP contribution is 1.98. The van der Waals surface area contributed by atoms with E-state index in [1.54, 1.807) is 11.8 Å². The highest BCUT2D eigenvalue weighted by atomic mass is 32.2. The normalized spacial score (nSPS) is 11.6. The van der Waals surface area contributed by atoms with Crippen LogP contribution < -0.4 is 10.6 Å². The number of thioether (sulfide) groups is 1. The van der Waals surface area contributed by atoms with E-state index in [1.807, 2.05) is 6.26 Å². The molecule has 0 saturated heterocycles. The Hall–Kier alpha value is -1.44. The molecule has 0 aromatic heterocycles. The zero-order chi connectivity index (χ0) is 13.3. The molecule has 0 aliphatic carbocycles. The monoisotopic (exact) mass is 264 g/mol. The fourth-order valence-electron chi connectivity index (χ4n) is 1.00. The minimum atomic E-state index is -1.24. The summed E-state index contributed by atoms with van der Waals surface area (Å²) in [5.41, 5.74) is 0. The Morgan fingerprint density at radius 2 is 1.94 bits per heavy atom. The number of carboxylic acid groups (broad SMARTS) is 2. The minimum absolute atomic E-state index is 0.138. The van der Waals surface area contributed by atoms with Gasteiger partial charge in [0.05, 0.1) is 0 Å². The van der Waals surface area contributed by atoms with Crippen molar-refractivity contribution in [1.29, 1.82) is 0 Å². The van der Waals surface area contributed by atoms with Crippen LogP contribution in [0.1, 0.15) is 12.8 Å². The molecule has 1 unspecified atom stereocenters. The summed E-state index contributed by atoms with van der Waals surface area (Å²) in [6.45, 7) is 0.429. The van der Waals surface area contributed by atoms with Crippen LogP contribution in [-0.4, -0.2) is 52.8 Å². The molecule has 0 aliphatic heterocycles. The first-order chi connectivity index (χ1) is 7.97. The first-order valence-electron chi connectivity index (χ1n) is 4.95. The molecule has 17 heavy (non-hydrogen) atoms. The van der Waals surface area contributed by atoms with E-state index in [0.717, 1.165) is 5.75 Å². The second-order valence-electron chi connectivity index (χ2n) is 3.22. The van der Waals surface area contributed by atoms with Crippen molar-refractivity contribution in [3.05, 3.63) is 0 Å². The van der Waals surface area contributed by atoms with Gasteiger partial charge in [-0.05, 0) is 12.7 Å². The van der Waals surface area contributed by atoms with Gasteiger partial charge in [-0.15, -0.1) is 0 Å². The van der Waals surface area contributed by atoms with Crippen LogP contribution in [0.25, 0.3) is 0 Å². The van der Waals surface area contributed by atoms with Gasteiger partial charge in [0.15, 0.2) is 0 Å². The quantitative estimate of drug-likeness (QED) is 0.457. The molecule has 1 atom stereocenters. The van der Waals surface area contributed by atoms with E-state index in [4.69, 9.17) is 10.2 Å². The molecule has 0 aliphatic rings. The lowest BCUT2D eigenvalue weighted by atomic mass is 10.1. The fraction of sp³-hybridized carbons (Fsp3) is 0.667. The molecule has 0 radical (unpaired) electrons. The number of aliphatic carboxylic acids is 2. The Kier molecular flexibility index (Phi) is 7.95. The molecule has 0 bridgehead atoms. The van der Waals surface area contributed by atoms with Crippen molar-refractivity contribution in [2.75, 3.05) is 18.6 Å². The van der Waals surface area contributed by atoms with Crippen LogP contribution in [0, 0.1) is 0 Å².